The minimum Gasteiger partial charge on any atom is -0.370 e. The Hall–Kier alpha value is -1.66. The molecule has 1 fully saturated rings. The van der Waals surface area contributed by atoms with E-state index in [1.54, 1.807) is 11.0 Å². The van der Waals surface area contributed by atoms with E-state index in [0.717, 1.165) is 0 Å². The molecule has 1 aromatic carbocycles. The molecular weight excluding hydrogens is 285 g/mol. The molecule has 5 nitrogen and oxygen atoms in total. The number of carbonyl (C=O) groups excluding carboxylic acids is 2. The summed E-state index contributed by atoms with van der Waals surface area (Å²) in [5.41, 5.74) is 5.47. The number of benzene rings is 1. The van der Waals surface area contributed by atoms with Crippen molar-refractivity contribution in [3.8, 4) is 0 Å². The van der Waals surface area contributed by atoms with Crippen molar-refractivity contribution in [1.82, 2.24) is 10.2 Å². The van der Waals surface area contributed by atoms with Gasteiger partial charge >= 0.3 is 0 Å². The van der Waals surface area contributed by atoms with E-state index in [2.05, 4.69) is 5.32 Å². The lowest BCUT2D eigenvalue weighted by molar-refractivity contribution is -0.133. The van der Waals surface area contributed by atoms with Gasteiger partial charge in [0.1, 0.15) is 5.82 Å². The predicted molar refractivity (Wildman–Crippen MR) is 72.4 cm³/mol. The Morgan fingerprint density at radius 1 is 1.55 bits per heavy atom. The lowest BCUT2D eigenvalue weighted by atomic mass is 10.1. The van der Waals surface area contributed by atoms with Crippen LogP contribution in [0.25, 0.3) is 0 Å². The van der Waals surface area contributed by atoms with E-state index in [1.165, 1.54) is 12.1 Å². The first kappa shape index (κ1) is 14.7. The third-order valence-corrected chi connectivity index (χ3v) is 3.61. The summed E-state index contributed by atoms with van der Waals surface area (Å²) in [6.07, 6.45) is -0.0993. The van der Waals surface area contributed by atoms with Gasteiger partial charge in [0.2, 0.25) is 11.8 Å². The van der Waals surface area contributed by atoms with Crippen molar-refractivity contribution in [3.63, 3.8) is 0 Å². The topological polar surface area (TPSA) is 75.4 Å². The smallest absolute Gasteiger partial charge is 0.237 e. The number of nitrogens with two attached hydrogens (primary N) is 1. The molecule has 20 heavy (non-hydrogen) atoms. The van der Waals surface area contributed by atoms with Gasteiger partial charge in [-0.15, -0.1) is 0 Å². The number of rotatable bonds is 4. The highest BCUT2D eigenvalue weighted by atomic mass is 35.5. The SMILES string of the molecule is NC(=O)C[C@H]1C(=O)NCCN1Cc1c(F)cccc1Cl. The van der Waals surface area contributed by atoms with Crippen LogP contribution >= 0.6 is 11.6 Å². The van der Waals surface area contributed by atoms with Gasteiger partial charge in [0.15, 0.2) is 0 Å². The van der Waals surface area contributed by atoms with Gasteiger partial charge in [-0.1, -0.05) is 17.7 Å². The third kappa shape index (κ3) is 3.26. The maximum Gasteiger partial charge on any atom is 0.237 e. The van der Waals surface area contributed by atoms with Crippen LogP contribution < -0.4 is 11.1 Å². The lowest BCUT2D eigenvalue weighted by Gasteiger charge is -2.34. The number of amides is 2. The van der Waals surface area contributed by atoms with Crippen LogP contribution in [0.3, 0.4) is 0 Å². The van der Waals surface area contributed by atoms with Gasteiger partial charge in [-0.05, 0) is 12.1 Å². The maximum absolute atomic E-state index is 13.8. The van der Waals surface area contributed by atoms with Crippen LogP contribution in [0.15, 0.2) is 18.2 Å². The monoisotopic (exact) mass is 299 g/mol. The van der Waals surface area contributed by atoms with Crippen LogP contribution in [0, 0.1) is 5.82 Å². The molecule has 1 atom stereocenters. The van der Waals surface area contributed by atoms with E-state index in [9.17, 15) is 14.0 Å². The van der Waals surface area contributed by atoms with Crippen LogP contribution in [0.4, 0.5) is 4.39 Å². The number of piperazine rings is 1. The molecule has 0 radical (unpaired) electrons. The molecule has 2 amide bonds. The highest BCUT2D eigenvalue weighted by Crippen LogP contribution is 2.22. The van der Waals surface area contributed by atoms with Crippen LogP contribution in [0.5, 0.6) is 0 Å². The first-order valence-electron chi connectivity index (χ1n) is 6.22. The highest BCUT2D eigenvalue weighted by molar-refractivity contribution is 6.31. The van der Waals surface area contributed by atoms with Crippen molar-refractivity contribution in [2.75, 3.05) is 13.1 Å². The number of carbonyl (C=O) groups is 2. The van der Waals surface area contributed by atoms with E-state index >= 15 is 0 Å². The average Bonchev–Trinajstić information content (AvgIpc) is 2.37. The van der Waals surface area contributed by atoms with Gasteiger partial charge in [-0.25, -0.2) is 4.39 Å². The molecule has 0 saturated carbocycles. The number of halogens is 2. The first-order chi connectivity index (χ1) is 9.49. The Morgan fingerprint density at radius 3 is 2.95 bits per heavy atom. The molecule has 0 unspecified atom stereocenters. The summed E-state index contributed by atoms with van der Waals surface area (Å²) >= 11 is 5.98. The van der Waals surface area contributed by atoms with E-state index < -0.39 is 17.8 Å². The van der Waals surface area contributed by atoms with Crippen molar-refractivity contribution >= 4 is 23.4 Å². The zero-order chi connectivity index (χ0) is 14.7. The molecule has 0 aliphatic carbocycles. The molecule has 1 saturated heterocycles. The summed E-state index contributed by atoms with van der Waals surface area (Å²) in [5.74, 6) is -1.28. The van der Waals surface area contributed by atoms with Gasteiger partial charge in [0.05, 0.1) is 12.5 Å². The van der Waals surface area contributed by atoms with Gasteiger partial charge in [0.25, 0.3) is 0 Å². The second-order valence-electron chi connectivity index (χ2n) is 4.65. The van der Waals surface area contributed by atoms with Crippen molar-refractivity contribution in [3.05, 3.63) is 34.6 Å². The average molecular weight is 300 g/mol. The van der Waals surface area contributed by atoms with Crippen molar-refractivity contribution in [2.24, 2.45) is 5.73 Å². The Labute approximate surface area is 120 Å². The fraction of sp³-hybridized carbons (Fsp3) is 0.385. The molecule has 0 spiro atoms. The standard InChI is InChI=1S/C13H15ClFN3O2/c14-9-2-1-3-10(15)8(9)7-18-5-4-17-13(20)11(18)6-12(16)19/h1-3,11H,4-7H2,(H2,16,19)(H,17,20)/t11-/m0/s1. The summed E-state index contributed by atoms with van der Waals surface area (Å²) in [5, 5.41) is 2.97. The molecule has 1 aliphatic rings. The van der Waals surface area contributed by atoms with Crippen LogP contribution in [-0.2, 0) is 16.1 Å². The number of hydrogen-bond acceptors (Lipinski definition) is 3. The molecule has 7 heteroatoms. The fourth-order valence-electron chi connectivity index (χ4n) is 2.25. The molecule has 3 N–H and O–H groups in total. The Morgan fingerprint density at radius 2 is 2.30 bits per heavy atom. The fourth-order valence-corrected chi connectivity index (χ4v) is 2.47. The molecule has 1 heterocycles. The van der Waals surface area contributed by atoms with Gasteiger partial charge in [0, 0.05) is 30.2 Å². The predicted octanol–water partition coefficient (Wildman–Crippen LogP) is 0.655. The Bertz CT molecular complexity index is 518. The molecule has 1 aliphatic heterocycles. The molecule has 108 valence electrons. The number of nitrogens with one attached hydrogen (secondary N) is 1. The molecule has 0 aromatic heterocycles. The zero-order valence-electron chi connectivity index (χ0n) is 10.7. The van der Waals surface area contributed by atoms with Gasteiger partial charge < -0.3 is 11.1 Å². The van der Waals surface area contributed by atoms with Crippen molar-refractivity contribution in [1.29, 1.82) is 0 Å². The largest absolute Gasteiger partial charge is 0.370 e. The first-order valence-corrected chi connectivity index (χ1v) is 6.60. The van der Waals surface area contributed by atoms with Crippen LogP contribution in [-0.4, -0.2) is 35.8 Å². The third-order valence-electron chi connectivity index (χ3n) is 3.26. The minimum absolute atomic E-state index is 0.0993. The summed E-state index contributed by atoms with van der Waals surface area (Å²) < 4.78 is 13.8. The summed E-state index contributed by atoms with van der Waals surface area (Å²) in [6, 6.07) is 3.74. The maximum atomic E-state index is 13.8. The number of nitrogens with zero attached hydrogens (tertiary/aromatic N) is 1. The second-order valence-corrected chi connectivity index (χ2v) is 5.06. The summed E-state index contributed by atoms with van der Waals surface area (Å²) in [7, 11) is 0. The Kier molecular flexibility index (Phi) is 4.57. The molecule has 1 aromatic rings. The number of primary amides is 1. The minimum atomic E-state index is -0.683. The number of hydrogen-bond donors (Lipinski definition) is 2. The normalized spacial score (nSPS) is 19.7. The van der Waals surface area contributed by atoms with E-state index in [0.29, 0.717) is 23.7 Å². The second kappa shape index (κ2) is 6.19. The zero-order valence-corrected chi connectivity index (χ0v) is 11.5. The highest BCUT2D eigenvalue weighted by Gasteiger charge is 2.31. The molecular formula is C13H15ClFN3O2. The van der Waals surface area contributed by atoms with Crippen LogP contribution in [0.1, 0.15) is 12.0 Å². The molecule has 0 bridgehead atoms. The van der Waals surface area contributed by atoms with E-state index in [4.69, 9.17) is 17.3 Å². The van der Waals surface area contributed by atoms with Gasteiger partial charge in [-0.3, -0.25) is 14.5 Å². The summed E-state index contributed by atoms with van der Waals surface area (Å²) in [6.45, 7) is 1.12. The van der Waals surface area contributed by atoms with Gasteiger partial charge in [-0.2, -0.15) is 0 Å². The Balaban J connectivity index is 2.21. The van der Waals surface area contributed by atoms with Crippen LogP contribution in [0.2, 0.25) is 5.02 Å². The molecule has 2 rings (SSSR count). The lowest BCUT2D eigenvalue weighted by Crippen LogP contribution is -2.55. The quantitative estimate of drug-likeness (QED) is 0.857. The van der Waals surface area contributed by atoms with Crippen molar-refractivity contribution < 1.29 is 14.0 Å². The van der Waals surface area contributed by atoms with E-state index in [-0.39, 0.29) is 18.9 Å². The van der Waals surface area contributed by atoms with E-state index in [1.807, 2.05) is 0 Å². The van der Waals surface area contributed by atoms with Crippen molar-refractivity contribution in [2.45, 2.75) is 19.0 Å². The summed E-state index contributed by atoms with van der Waals surface area (Å²) in [4.78, 5) is 24.6.